The average molecular weight is 300 g/mol. The smallest absolute Gasteiger partial charge is 0.0409 e. The van der Waals surface area contributed by atoms with Gasteiger partial charge in [0.05, 0.1) is 0 Å². The first-order valence-corrected chi connectivity index (χ1v) is 8.67. The number of anilines is 1. The predicted octanol–water partition coefficient (Wildman–Crippen LogP) is 3.99. The molecule has 1 fully saturated rings. The average Bonchev–Trinajstić information content (AvgIpc) is 3.16. The molecule has 112 valence electrons. The summed E-state index contributed by atoms with van der Waals surface area (Å²) in [6.07, 6.45) is 3.81. The van der Waals surface area contributed by atoms with Gasteiger partial charge in [-0.05, 0) is 49.3 Å². The second kappa shape index (κ2) is 6.63. The van der Waals surface area contributed by atoms with Crippen molar-refractivity contribution in [3.63, 3.8) is 0 Å². The van der Waals surface area contributed by atoms with Gasteiger partial charge in [0.1, 0.15) is 0 Å². The molecule has 0 bridgehead atoms. The van der Waals surface area contributed by atoms with Crippen LogP contribution in [0.1, 0.15) is 28.8 Å². The van der Waals surface area contributed by atoms with E-state index >= 15 is 0 Å². The van der Waals surface area contributed by atoms with Crippen molar-refractivity contribution in [3.8, 4) is 0 Å². The summed E-state index contributed by atoms with van der Waals surface area (Å²) in [6, 6.07) is 11.9. The molecule has 1 saturated carbocycles. The van der Waals surface area contributed by atoms with Crippen LogP contribution in [0.5, 0.6) is 0 Å². The van der Waals surface area contributed by atoms with Gasteiger partial charge in [-0.1, -0.05) is 23.8 Å². The zero-order valence-corrected chi connectivity index (χ0v) is 13.7. The number of thiophene rings is 1. The number of rotatable bonds is 7. The fraction of sp³-hybridized carbons (Fsp3) is 0.444. The van der Waals surface area contributed by atoms with E-state index in [0.717, 1.165) is 25.6 Å². The van der Waals surface area contributed by atoms with Gasteiger partial charge in [0, 0.05) is 36.7 Å². The summed E-state index contributed by atoms with van der Waals surface area (Å²) < 4.78 is 0. The third-order valence-electron chi connectivity index (χ3n) is 4.08. The van der Waals surface area contributed by atoms with Crippen molar-refractivity contribution in [1.82, 2.24) is 5.32 Å². The lowest BCUT2D eigenvalue weighted by Crippen LogP contribution is -2.23. The highest BCUT2D eigenvalue weighted by Gasteiger charge is 2.20. The SMILES string of the molecule is Cc1ccc(N(C)CCc2cccs2)c(CNC2CC2)c1. The van der Waals surface area contributed by atoms with Gasteiger partial charge in [0.15, 0.2) is 0 Å². The fourth-order valence-electron chi connectivity index (χ4n) is 2.62. The molecule has 1 aliphatic carbocycles. The maximum absolute atomic E-state index is 3.64. The second-order valence-electron chi connectivity index (χ2n) is 6.04. The third-order valence-corrected chi connectivity index (χ3v) is 5.01. The summed E-state index contributed by atoms with van der Waals surface area (Å²) in [5.41, 5.74) is 4.14. The molecule has 0 amide bonds. The summed E-state index contributed by atoms with van der Waals surface area (Å²) >= 11 is 1.85. The second-order valence-corrected chi connectivity index (χ2v) is 7.07. The number of hydrogen-bond acceptors (Lipinski definition) is 3. The Bertz CT molecular complexity index is 573. The molecule has 0 atom stereocenters. The molecule has 3 rings (SSSR count). The Kier molecular flexibility index (Phi) is 4.61. The lowest BCUT2D eigenvalue weighted by atomic mass is 10.1. The molecule has 0 radical (unpaired) electrons. The summed E-state index contributed by atoms with van der Waals surface area (Å²) in [7, 11) is 2.21. The molecule has 0 spiro atoms. The summed E-state index contributed by atoms with van der Waals surface area (Å²) in [4.78, 5) is 3.86. The van der Waals surface area contributed by atoms with Crippen molar-refractivity contribution in [2.24, 2.45) is 0 Å². The lowest BCUT2D eigenvalue weighted by molar-refractivity contribution is 0.685. The van der Waals surface area contributed by atoms with Crippen LogP contribution in [-0.4, -0.2) is 19.6 Å². The van der Waals surface area contributed by atoms with Gasteiger partial charge in [0.25, 0.3) is 0 Å². The van der Waals surface area contributed by atoms with E-state index in [9.17, 15) is 0 Å². The van der Waals surface area contributed by atoms with Crippen molar-refractivity contribution in [3.05, 3.63) is 51.7 Å². The van der Waals surface area contributed by atoms with Gasteiger partial charge in [-0.2, -0.15) is 0 Å². The molecule has 1 heterocycles. The monoisotopic (exact) mass is 300 g/mol. The minimum absolute atomic E-state index is 0.759. The number of nitrogens with one attached hydrogen (secondary N) is 1. The zero-order chi connectivity index (χ0) is 14.7. The minimum Gasteiger partial charge on any atom is -0.374 e. The van der Waals surface area contributed by atoms with Crippen molar-refractivity contribution >= 4 is 17.0 Å². The van der Waals surface area contributed by atoms with E-state index in [2.05, 4.69) is 59.9 Å². The molecule has 0 aliphatic heterocycles. The first-order chi connectivity index (χ1) is 10.2. The van der Waals surface area contributed by atoms with Gasteiger partial charge in [-0.25, -0.2) is 0 Å². The highest BCUT2D eigenvalue weighted by Crippen LogP contribution is 2.24. The first kappa shape index (κ1) is 14.6. The van der Waals surface area contributed by atoms with Crippen LogP contribution in [0, 0.1) is 6.92 Å². The van der Waals surface area contributed by atoms with Crippen molar-refractivity contribution in [2.75, 3.05) is 18.5 Å². The number of hydrogen-bond donors (Lipinski definition) is 1. The van der Waals surface area contributed by atoms with Crippen LogP contribution in [0.15, 0.2) is 35.7 Å². The highest BCUT2D eigenvalue weighted by atomic mass is 32.1. The van der Waals surface area contributed by atoms with Gasteiger partial charge in [0.2, 0.25) is 0 Å². The third kappa shape index (κ3) is 4.08. The molecule has 3 heteroatoms. The topological polar surface area (TPSA) is 15.3 Å². The van der Waals surface area contributed by atoms with Crippen LogP contribution < -0.4 is 10.2 Å². The van der Waals surface area contributed by atoms with E-state index in [0.29, 0.717) is 0 Å². The van der Waals surface area contributed by atoms with Crippen molar-refractivity contribution < 1.29 is 0 Å². The highest BCUT2D eigenvalue weighted by molar-refractivity contribution is 7.09. The van der Waals surface area contributed by atoms with Crippen LogP contribution in [-0.2, 0) is 13.0 Å². The van der Waals surface area contributed by atoms with Crippen LogP contribution in [0.4, 0.5) is 5.69 Å². The van der Waals surface area contributed by atoms with Gasteiger partial charge in [-0.15, -0.1) is 11.3 Å². The van der Waals surface area contributed by atoms with Crippen LogP contribution in [0.25, 0.3) is 0 Å². The van der Waals surface area contributed by atoms with Crippen LogP contribution >= 0.6 is 11.3 Å². The first-order valence-electron chi connectivity index (χ1n) is 7.79. The Balaban J connectivity index is 1.66. The maximum atomic E-state index is 3.64. The van der Waals surface area contributed by atoms with Crippen molar-refractivity contribution in [2.45, 2.75) is 38.8 Å². The van der Waals surface area contributed by atoms with Crippen LogP contribution in [0.3, 0.4) is 0 Å². The van der Waals surface area contributed by atoms with E-state index in [1.54, 1.807) is 0 Å². The number of aryl methyl sites for hydroxylation is 1. The molecular weight excluding hydrogens is 276 g/mol. The molecule has 1 aromatic carbocycles. The maximum Gasteiger partial charge on any atom is 0.0409 e. The summed E-state index contributed by atoms with van der Waals surface area (Å²) in [6.45, 7) is 4.24. The van der Waals surface area contributed by atoms with E-state index in [1.807, 2.05) is 11.3 Å². The van der Waals surface area contributed by atoms with Crippen molar-refractivity contribution in [1.29, 1.82) is 0 Å². The summed E-state index contributed by atoms with van der Waals surface area (Å²) in [5, 5.41) is 5.80. The Hall–Kier alpha value is -1.32. The molecule has 0 unspecified atom stereocenters. The lowest BCUT2D eigenvalue weighted by Gasteiger charge is -2.23. The number of benzene rings is 1. The van der Waals surface area contributed by atoms with E-state index in [-0.39, 0.29) is 0 Å². The Morgan fingerprint density at radius 1 is 1.29 bits per heavy atom. The molecule has 0 saturated heterocycles. The molecule has 2 aromatic rings. The minimum atomic E-state index is 0.759. The Labute approximate surface area is 131 Å². The molecular formula is C18H24N2S. The summed E-state index contributed by atoms with van der Waals surface area (Å²) in [5.74, 6) is 0. The quantitative estimate of drug-likeness (QED) is 0.832. The Morgan fingerprint density at radius 3 is 2.86 bits per heavy atom. The molecule has 21 heavy (non-hydrogen) atoms. The molecule has 1 N–H and O–H groups in total. The zero-order valence-electron chi connectivity index (χ0n) is 12.9. The molecule has 1 aliphatic rings. The fourth-order valence-corrected chi connectivity index (χ4v) is 3.32. The van der Waals surface area contributed by atoms with Crippen LogP contribution in [0.2, 0.25) is 0 Å². The number of likely N-dealkylation sites (N-methyl/N-ethyl adjacent to an activating group) is 1. The van der Waals surface area contributed by atoms with E-state index in [4.69, 9.17) is 0 Å². The van der Waals surface area contributed by atoms with Gasteiger partial charge in [-0.3, -0.25) is 0 Å². The standard InChI is InChI=1S/C18H24N2S/c1-14-5-8-18(15(12-14)13-19-16-6-7-16)20(2)10-9-17-4-3-11-21-17/h3-5,8,11-12,16,19H,6-7,9-10,13H2,1-2H3. The van der Waals surface area contributed by atoms with E-state index < -0.39 is 0 Å². The largest absolute Gasteiger partial charge is 0.374 e. The van der Waals surface area contributed by atoms with E-state index in [1.165, 1.54) is 34.5 Å². The van der Waals surface area contributed by atoms with Gasteiger partial charge < -0.3 is 10.2 Å². The number of nitrogens with zero attached hydrogens (tertiary/aromatic N) is 1. The molecule has 1 aromatic heterocycles. The Morgan fingerprint density at radius 2 is 2.14 bits per heavy atom. The normalized spacial score (nSPS) is 14.4. The molecule has 2 nitrogen and oxygen atoms in total. The van der Waals surface area contributed by atoms with Gasteiger partial charge >= 0.3 is 0 Å². The predicted molar refractivity (Wildman–Crippen MR) is 92.3 cm³/mol.